The summed E-state index contributed by atoms with van der Waals surface area (Å²) in [4.78, 5) is 47.0. The van der Waals surface area contributed by atoms with Gasteiger partial charge in [0.25, 0.3) is 5.91 Å². The van der Waals surface area contributed by atoms with E-state index in [1.165, 1.54) is 6.92 Å². The molecule has 0 aromatic rings. The summed E-state index contributed by atoms with van der Waals surface area (Å²) in [7, 11) is 0. The van der Waals surface area contributed by atoms with Crippen molar-refractivity contribution < 1.29 is 24.6 Å². The first kappa shape index (κ1) is 40.2. The molecule has 2 aliphatic rings. The Morgan fingerprint density at radius 2 is 1.42 bits per heavy atom. The topological polar surface area (TPSA) is 165 Å². The second-order valence-corrected chi connectivity index (χ2v) is 12.3. The van der Waals surface area contributed by atoms with Gasteiger partial charge in [-0.15, -0.1) is 0 Å². The lowest BCUT2D eigenvalue weighted by molar-refractivity contribution is -0.128. The molecule has 11 heteroatoms. The highest BCUT2D eigenvalue weighted by atomic mass is 16.3. The number of guanidine groups is 1. The summed E-state index contributed by atoms with van der Waals surface area (Å²) in [6.45, 7) is 7.61. The zero-order valence-corrected chi connectivity index (χ0v) is 29.0. The van der Waals surface area contributed by atoms with Crippen molar-refractivity contribution in [1.29, 1.82) is 0 Å². The van der Waals surface area contributed by atoms with Crippen LogP contribution in [0.15, 0.2) is 82.9 Å². The first-order chi connectivity index (χ1) is 23.1. The van der Waals surface area contributed by atoms with Gasteiger partial charge in [0.05, 0.1) is 24.8 Å². The number of aliphatic hydroxyl groups is 2. The Balaban J connectivity index is 1.71. The van der Waals surface area contributed by atoms with Gasteiger partial charge in [-0.25, -0.2) is 0 Å². The molecule has 3 amide bonds. The van der Waals surface area contributed by atoms with Gasteiger partial charge in [0.2, 0.25) is 17.8 Å². The molecule has 0 aromatic heterocycles. The SMILES string of the molecule is CC/C=C\C/C=C\C/C=C\C/C=C\C/C=C\C/C=C\CCC(=O)NC(CC(C)C)C(=O)NC1=NC2=NC[C@H]([C@@H](O)[C@H](C)O)NC2C(=O)N1. The standard InChI is InChI=1S/C37H56N6O5/c1-5-6-7-8-9-10-11-12-13-14-15-16-17-18-19-20-21-22-23-24-31(45)39-29(25-27(2)3)35(47)42-37-41-34-32(36(48)43-37)40-30(26-38-34)33(46)28(4)44/h6-7,9-10,12-13,15-16,18-19,21-22,27-30,32-33,40,44,46H,5,8,11,14,17,20,23-26H2,1-4H3,(H,39,45)(H2,38,41,42,43,47,48)/b7-6-,10-9-,13-12-,16-15-,19-18-,22-21-/t28-,29?,30+,32?,33-/m0/s1. The summed E-state index contributed by atoms with van der Waals surface area (Å²) in [6.07, 6.45) is 30.3. The first-order valence-corrected chi connectivity index (χ1v) is 17.2. The molecule has 6 N–H and O–H groups in total. The predicted octanol–water partition coefficient (Wildman–Crippen LogP) is 4.08. The maximum atomic E-state index is 13.1. The molecule has 5 atom stereocenters. The van der Waals surface area contributed by atoms with E-state index >= 15 is 0 Å². The second-order valence-electron chi connectivity index (χ2n) is 12.3. The third-order valence-corrected chi connectivity index (χ3v) is 7.46. The van der Waals surface area contributed by atoms with Gasteiger partial charge in [0.1, 0.15) is 12.1 Å². The van der Waals surface area contributed by atoms with Crippen LogP contribution in [-0.2, 0) is 14.4 Å². The molecule has 2 aliphatic heterocycles. The number of carbonyl (C=O) groups is 3. The highest BCUT2D eigenvalue weighted by molar-refractivity contribution is 6.22. The van der Waals surface area contributed by atoms with Crippen LogP contribution in [0, 0.1) is 5.92 Å². The molecule has 264 valence electrons. The Labute approximate surface area is 286 Å². The first-order valence-electron chi connectivity index (χ1n) is 17.2. The number of fused-ring (bicyclic) bond motifs is 1. The summed E-state index contributed by atoms with van der Waals surface area (Å²) in [5, 5.41) is 30.7. The van der Waals surface area contributed by atoms with Gasteiger partial charge in [-0.2, -0.15) is 4.99 Å². The molecule has 0 aliphatic carbocycles. The van der Waals surface area contributed by atoms with E-state index in [0.29, 0.717) is 12.8 Å². The lowest BCUT2D eigenvalue weighted by Crippen LogP contribution is -2.65. The minimum atomic E-state index is -1.10. The number of nitrogens with one attached hydrogen (secondary N) is 4. The molecule has 0 radical (unpaired) electrons. The van der Waals surface area contributed by atoms with E-state index in [2.05, 4.69) is 98.9 Å². The van der Waals surface area contributed by atoms with Crippen LogP contribution in [0.4, 0.5) is 0 Å². The number of hydrogen-bond donors (Lipinski definition) is 6. The number of allylic oxidation sites excluding steroid dienone is 12. The summed E-state index contributed by atoms with van der Waals surface area (Å²) in [6, 6.07) is -2.34. The Kier molecular flexibility index (Phi) is 19.6. The Bertz CT molecular complexity index is 1260. The monoisotopic (exact) mass is 664 g/mol. The molecule has 11 nitrogen and oxygen atoms in total. The van der Waals surface area contributed by atoms with Gasteiger partial charge in [0.15, 0.2) is 5.84 Å². The van der Waals surface area contributed by atoms with Gasteiger partial charge in [-0.1, -0.05) is 93.7 Å². The molecule has 0 bridgehead atoms. The minimum Gasteiger partial charge on any atom is -0.391 e. The smallest absolute Gasteiger partial charge is 0.251 e. The van der Waals surface area contributed by atoms with Crippen LogP contribution >= 0.6 is 0 Å². The predicted molar refractivity (Wildman–Crippen MR) is 193 cm³/mol. The summed E-state index contributed by atoms with van der Waals surface area (Å²) in [5.41, 5.74) is 0. The largest absolute Gasteiger partial charge is 0.391 e. The third-order valence-electron chi connectivity index (χ3n) is 7.46. The van der Waals surface area contributed by atoms with E-state index in [0.717, 1.165) is 38.5 Å². The van der Waals surface area contributed by atoms with Gasteiger partial charge in [0, 0.05) is 6.42 Å². The molecule has 0 spiro atoms. The molecule has 0 fully saturated rings. The number of rotatable bonds is 20. The molecule has 2 rings (SSSR count). The zero-order valence-electron chi connectivity index (χ0n) is 29.0. The van der Waals surface area contributed by atoms with E-state index in [-0.39, 0.29) is 36.6 Å². The fourth-order valence-corrected chi connectivity index (χ4v) is 4.88. The van der Waals surface area contributed by atoms with Crippen molar-refractivity contribution in [3.63, 3.8) is 0 Å². The van der Waals surface area contributed by atoms with Crippen molar-refractivity contribution in [1.82, 2.24) is 21.3 Å². The van der Waals surface area contributed by atoms with Crippen LogP contribution in [0.5, 0.6) is 0 Å². The van der Waals surface area contributed by atoms with Crippen molar-refractivity contribution in [3.05, 3.63) is 72.9 Å². The lowest BCUT2D eigenvalue weighted by atomic mass is 10.0. The maximum absolute atomic E-state index is 13.1. The van der Waals surface area contributed by atoms with E-state index in [9.17, 15) is 24.6 Å². The zero-order chi connectivity index (χ0) is 35.1. The van der Waals surface area contributed by atoms with Gasteiger partial charge in [-0.3, -0.25) is 35.3 Å². The number of amides is 3. The number of nitrogens with zero attached hydrogens (tertiary/aromatic N) is 2. The van der Waals surface area contributed by atoms with E-state index in [1.807, 2.05) is 26.0 Å². The molecule has 0 saturated carbocycles. The van der Waals surface area contributed by atoms with Crippen molar-refractivity contribution in [2.45, 2.75) is 116 Å². The third kappa shape index (κ3) is 16.3. The highest BCUT2D eigenvalue weighted by Crippen LogP contribution is 2.12. The van der Waals surface area contributed by atoms with Gasteiger partial charge < -0.3 is 15.5 Å². The minimum absolute atomic E-state index is 0.0719. The number of amidine groups is 1. The van der Waals surface area contributed by atoms with Crippen LogP contribution in [0.2, 0.25) is 0 Å². The lowest BCUT2D eigenvalue weighted by Gasteiger charge is -2.34. The van der Waals surface area contributed by atoms with Gasteiger partial charge >= 0.3 is 0 Å². The number of aliphatic hydroxyl groups excluding tert-OH is 2. The second kappa shape index (κ2) is 23.4. The molecule has 2 heterocycles. The number of aliphatic imine (C=N–C) groups is 2. The van der Waals surface area contributed by atoms with E-state index in [1.54, 1.807) is 0 Å². The van der Waals surface area contributed by atoms with Crippen LogP contribution < -0.4 is 21.3 Å². The molecule has 0 aromatic carbocycles. The molecular weight excluding hydrogens is 608 g/mol. The quantitative estimate of drug-likeness (QED) is 0.107. The summed E-state index contributed by atoms with van der Waals surface area (Å²) < 4.78 is 0. The molecule has 2 unspecified atom stereocenters. The van der Waals surface area contributed by atoms with Crippen molar-refractivity contribution in [3.8, 4) is 0 Å². The normalized spacial score (nSPS) is 20.5. The Morgan fingerprint density at radius 3 is 1.94 bits per heavy atom. The van der Waals surface area contributed by atoms with E-state index < -0.39 is 42.1 Å². The molecule has 48 heavy (non-hydrogen) atoms. The van der Waals surface area contributed by atoms with Crippen LogP contribution in [0.1, 0.15) is 85.5 Å². The fraction of sp³-hybridized carbons (Fsp3) is 0.541. The Hall–Kier alpha value is -3.93. The van der Waals surface area contributed by atoms with Crippen molar-refractivity contribution in [2.24, 2.45) is 15.9 Å². The van der Waals surface area contributed by atoms with Crippen LogP contribution in [0.3, 0.4) is 0 Å². The van der Waals surface area contributed by atoms with Crippen LogP contribution in [0.25, 0.3) is 0 Å². The number of hydrogen-bond acceptors (Lipinski definition) is 8. The van der Waals surface area contributed by atoms with Crippen molar-refractivity contribution >= 4 is 29.5 Å². The average Bonchev–Trinajstić information content (AvgIpc) is 3.04. The molecular formula is C37H56N6O5. The Morgan fingerprint density at radius 1 is 0.875 bits per heavy atom. The highest BCUT2D eigenvalue weighted by Gasteiger charge is 2.38. The maximum Gasteiger partial charge on any atom is 0.251 e. The van der Waals surface area contributed by atoms with Crippen LogP contribution in [-0.4, -0.2) is 76.6 Å². The number of carbonyl (C=O) groups excluding carboxylic acids is 3. The average molecular weight is 665 g/mol. The summed E-state index contributed by atoms with van der Waals surface area (Å²) in [5.74, 6) is -1.01. The van der Waals surface area contributed by atoms with Crippen molar-refractivity contribution in [2.75, 3.05) is 6.54 Å². The van der Waals surface area contributed by atoms with Gasteiger partial charge in [-0.05, 0) is 64.2 Å². The summed E-state index contributed by atoms with van der Waals surface area (Å²) >= 11 is 0. The molecule has 0 saturated heterocycles. The fourth-order valence-electron chi connectivity index (χ4n) is 4.88. The van der Waals surface area contributed by atoms with E-state index in [4.69, 9.17) is 0 Å².